The molecule has 4 aromatic rings. The Labute approximate surface area is 209 Å². The number of pyridine rings is 1. The van der Waals surface area contributed by atoms with Crippen LogP contribution in [0.1, 0.15) is 27.7 Å². The number of carbonyl (C=O) groups excluding carboxylic acids is 1. The van der Waals surface area contributed by atoms with E-state index in [4.69, 9.17) is 19.5 Å². The van der Waals surface area contributed by atoms with E-state index in [0.717, 1.165) is 16.4 Å². The lowest BCUT2D eigenvalue weighted by Gasteiger charge is -2.26. The third kappa shape index (κ3) is 5.84. The van der Waals surface area contributed by atoms with Crippen molar-refractivity contribution in [2.75, 3.05) is 5.73 Å². The van der Waals surface area contributed by atoms with Gasteiger partial charge < -0.3 is 19.6 Å². The van der Waals surface area contributed by atoms with Gasteiger partial charge >= 0.3 is 13.7 Å². The Hall–Kier alpha value is -3.46. The van der Waals surface area contributed by atoms with Crippen molar-refractivity contribution in [2.24, 2.45) is 0 Å². The van der Waals surface area contributed by atoms with Crippen LogP contribution in [0.5, 0.6) is 5.75 Å². The van der Waals surface area contributed by atoms with Crippen molar-refractivity contribution in [3.05, 3.63) is 60.9 Å². The van der Waals surface area contributed by atoms with Crippen molar-refractivity contribution in [1.82, 2.24) is 19.6 Å². The van der Waals surface area contributed by atoms with Crippen LogP contribution in [0.15, 0.2) is 60.9 Å². The van der Waals surface area contributed by atoms with Gasteiger partial charge in [-0.2, -0.15) is 5.09 Å². The average molecular weight is 512 g/mol. The van der Waals surface area contributed by atoms with Crippen molar-refractivity contribution in [3.63, 3.8) is 0 Å². The van der Waals surface area contributed by atoms with Crippen LogP contribution >= 0.6 is 7.75 Å². The molecule has 0 saturated carbocycles. The summed E-state index contributed by atoms with van der Waals surface area (Å²) < 4.78 is 32.7. The van der Waals surface area contributed by atoms with Crippen LogP contribution in [0, 0.1) is 0 Å². The van der Waals surface area contributed by atoms with Crippen molar-refractivity contribution in [3.8, 4) is 5.75 Å². The normalized spacial score (nSPS) is 15.0. The van der Waals surface area contributed by atoms with Gasteiger partial charge in [0, 0.05) is 5.39 Å². The zero-order valence-electron chi connectivity index (χ0n) is 20.6. The molecule has 0 saturated heterocycles. The number of imidazole rings is 1. The third-order valence-corrected chi connectivity index (χ3v) is 7.07. The summed E-state index contributed by atoms with van der Waals surface area (Å²) in [6.07, 6.45) is 0.724. The van der Waals surface area contributed by atoms with Crippen molar-refractivity contribution < 1.29 is 23.1 Å². The molecule has 0 unspecified atom stereocenters. The Bertz CT molecular complexity index is 1410. The van der Waals surface area contributed by atoms with Crippen LogP contribution in [0.3, 0.4) is 0 Å². The van der Waals surface area contributed by atoms with E-state index in [1.54, 1.807) is 58.3 Å². The number of nitrogens with two attached hydrogens (primary N) is 1. The summed E-state index contributed by atoms with van der Waals surface area (Å²) >= 11 is 0. The van der Waals surface area contributed by atoms with Gasteiger partial charge in [-0.15, -0.1) is 0 Å². The maximum atomic E-state index is 13.8. The second-order valence-corrected chi connectivity index (χ2v) is 10.4. The summed E-state index contributed by atoms with van der Waals surface area (Å²) in [6, 6.07) is 15.3. The van der Waals surface area contributed by atoms with Crippen molar-refractivity contribution in [2.45, 2.75) is 52.5 Å². The number of esters is 1. The lowest BCUT2D eigenvalue weighted by molar-refractivity contribution is -0.149. The minimum absolute atomic E-state index is 0.290. The summed E-state index contributed by atoms with van der Waals surface area (Å²) in [6.45, 7) is 7.08. The molecule has 0 aliphatic rings. The first-order valence-electron chi connectivity index (χ1n) is 11.7. The molecule has 0 fully saturated rings. The number of fused-ring (bicyclic) bond motifs is 3. The molecule has 4 rings (SSSR count). The fraction of sp³-hybridized carbons (Fsp3) is 0.320. The number of nitrogens with one attached hydrogen (secondary N) is 1. The molecule has 0 aliphatic heterocycles. The lowest BCUT2D eigenvalue weighted by Crippen LogP contribution is -2.37. The van der Waals surface area contributed by atoms with Gasteiger partial charge in [0.1, 0.15) is 17.3 Å². The number of nitrogen functional groups attached to an aromatic ring is 1. The molecule has 11 heteroatoms. The number of para-hydroxylation sites is 2. The lowest BCUT2D eigenvalue weighted by atomic mass is 10.2. The molecule has 10 nitrogen and oxygen atoms in total. The smallest absolute Gasteiger partial charge is 0.459 e. The van der Waals surface area contributed by atoms with Gasteiger partial charge in [0.05, 0.1) is 36.1 Å². The Kier molecular flexibility index (Phi) is 7.59. The van der Waals surface area contributed by atoms with Crippen LogP contribution in [0.25, 0.3) is 21.9 Å². The number of hydrogen-bond acceptors (Lipinski definition) is 8. The highest BCUT2D eigenvalue weighted by Gasteiger charge is 2.34. The van der Waals surface area contributed by atoms with E-state index >= 15 is 0 Å². The molecule has 36 heavy (non-hydrogen) atoms. The molecule has 190 valence electrons. The van der Waals surface area contributed by atoms with Crippen LogP contribution in [0.2, 0.25) is 0 Å². The van der Waals surface area contributed by atoms with E-state index in [1.165, 1.54) is 0 Å². The molecular formula is C25H30N5O5P. The summed E-state index contributed by atoms with van der Waals surface area (Å²) in [5.74, 6) is 0.101. The van der Waals surface area contributed by atoms with Crippen molar-refractivity contribution >= 4 is 41.5 Å². The second kappa shape index (κ2) is 10.7. The van der Waals surface area contributed by atoms with Gasteiger partial charge in [-0.25, -0.2) is 14.5 Å². The minimum Gasteiger partial charge on any atom is -0.462 e. The van der Waals surface area contributed by atoms with Gasteiger partial charge in [0.15, 0.2) is 5.82 Å². The van der Waals surface area contributed by atoms with E-state index in [2.05, 4.69) is 15.1 Å². The molecule has 0 bridgehead atoms. The highest BCUT2D eigenvalue weighted by Crippen LogP contribution is 2.46. The zero-order chi connectivity index (χ0) is 25.9. The van der Waals surface area contributed by atoms with Crippen LogP contribution in [0.4, 0.5) is 5.82 Å². The molecule has 2 aromatic carbocycles. The summed E-state index contributed by atoms with van der Waals surface area (Å²) in [5, 5.41) is 3.60. The van der Waals surface area contributed by atoms with E-state index in [0.29, 0.717) is 23.6 Å². The summed E-state index contributed by atoms with van der Waals surface area (Å²) in [5.41, 5.74) is 8.26. The number of carbonyl (C=O) groups is 1. The van der Waals surface area contributed by atoms with Gasteiger partial charge in [-0.05, 0) is 45.9 Å². The molecule has 2 aromatic heterocycles. The SMILES string of the molecule is CC(C)OC(=O)[C@H](C)N[P@](=O)(Oc1ccccc1)O[C@@H](C)Cn1cnc2c(N)nc3ccccc3c21. The fourth-order valence-corrected chi connectivity index (χ4v) is 5.49. The number of benzene rings is 2. The van der Waals surface area contributed by atoms with E-state index in [1.807, 2.05) is 34.9 Å². The quantitative estimate of drug-likeness (QED) is 0.230. The summed E-state index contributed by atoms with van der Waals surface area (Å²) in [4.78, 5) is 21.2. The Morgan fingerprint density at radius 1 is 1.08 bits per heavy atom. The number of rotatable bonds is 10. The molecule has 3 N–H and O–H groups in total. The Morgan fingerprint density at radius 3 is 2.50 bits per heavy atom. The number of ether oxygens (including phenoxy) is 1. The predicted octanol–water partition coefficient (Wildman–Crippen LogP) is 4.69. The number of nitrogens with zero attached hydrogens (tertiary/aromatic N) is 3. The van der Waals surface area contributed by atoms with Gasteiger partial charge in [-0.1, -0.05) is 36.4 Å². The van der Waals surface area contributed by atoms with E-state index in [-0.39, 0.29) is 6.10 Å². The van der Waals surface area contributed by atoms with Gasteiger partial charge in [-0.3, -0.25) is 9.32 Å². The van der Waals surface area contributed by atoms with E-state index < -0.39 is 25.9 Å². The van der Waals surface area contributed by atoms with Crippen molar-refractivity contribution in [1.29, 1.82) is 0 Å². The molecular weight excluding hydrogens is 481 g/mol. The maximum absolute atomic E-state index is 13.8. The topological polar surface area (TPSA) is 131 Å². The molecule has 0 spiro atoms. The highest BCUT2D eigenvalue weighted by atomic mass is 31.2. The van der Waals surface area contributed by atoms with Gasteiger partial charge in [0.25, 0.3) is 0 Å². The molecule has 3 atom stereocenters. The first-order valence-corrected chi connectivity index (χ1v) is 13.2. The highest BCUT2D eigenvalue weighted by molar-refractivity contribution is 7.52. The average Bonchev–Trinajstić information content (AvgIpc) is 3.23. The first kappa shape index (κ1) is 25.6. The monoisotopic (exact) mass is 511 g/mol. The maximum Gasteiger partial charge on any atom is 0.459 e. The summed E-state index contributed by atoms with van der Waals surface area (Å²) in [7, 11) is -4.01. The van der Waals surface area contributed by atoms with Crippen LogP contribution in [-0.4, -0.2) is 38.8 Å². The predicted molar refractivity (Wildman–Crippen MR) is 138 cm³/mol. The fourth-order valence-electron chi connectivity index (χ4n) is 3.81. The van der Waals surface area contributed by atoms with E-state index in [9.17, 15) is 9.36 Å². The third-order valence-electron chi connectivity index (χ3n) is 5.28. The minimum atomic E-state index is -4.01. The standard InChI is InChI=1S/C25H30N5O5P/c1-16(2)33-25(31)18(4)29-36(32,35-19-10-6-5-7-11-19)34-17(3)14-30-15-27-22-23(30)20-12-8-9-13-21(20)28-24(22)26/h5-13,15-18H,14H2,1-4H3,(H2,26,28)(H,29,32)/t17-,18-,36+/m0/s1. The number of hydrogen-bond donors (Lipinski definition) is 2. The van der Waals surface area contributed by atoms with Gasteiger partial charge in [0.2, 0.25) is 0 Å². The number of aromatic nitrogens is 3. The molecule has 0 amide bonds. The second-order valence-electron chi connectivity index (χ2n) is 8.76. The molecule has 2 heterocycles. The molecule has 0 radical (unpaired) electrons. The number of anilines is 1. The van der Waals surface area contributed by atoms with Crippen LogP contribution in [-0.2, 0) is 25.2 Å². The first-order chi connectivity index (χ1) is 17.1. The largest absolute Gasteiger partial charge is 0.462 e. The zero-order valence-corrected chi connectivity index (χ0v) is 21.5. The Balaban J connectivity index is 1.60. The van der Waals surface area contributed by atoms with Crippen LogP contribution < -0.4 is 15.3 Å². The molecule has 0 aliphatic carbocycles. The Morgan fingerprint density at radius 2 is 1.78 bits per heavy atom.